The van der Waals surface area contributed by atoms with Crippen LogP contribution in [0.1, 0.15) is 39.8 Å². The predicted molar refractivity (Wildman–Crippen MR) is 116 cm³/mol. The number of halogens is 2. The molecule has 2 aliphatic rings. The third kappa shape index (κ3) is 4.28. The first kappa shape index (κ1) is 23.8. The molecule has 34 heavy (non-hydrogen) atoms. The number of ether oxygens (including phenoxy) is 2. The Bertz CT molecular complexity index is 1180. The number of fused-ring (bicyclic) bond motifs is 2. The number of nitrogens with zero attached hydrogens (tertiary/aromatic N) is 2. The molecule has 1 fully saturated rings. The highest BCUT2D eigenvalue weighted by molar-refractivity contribution is 5.99. The quantitative estimate of drug-likeness (QED) is 0.583. The molecule has 2 aromatic rings. The topological polar surface area (TPSA) is 110 Å². The van der Waals surface area contributed by atoms with Crippen molar-refractivity contribution in [1.82, 2.24) is 14.8 Å². The molecule has 0 bridgehead atoms. The van der Waals surface area contributed by atoms with Crippen LogP contribution in [0.15, 0.2) is 29.2 Å². The highest BCUT2D eigenvalue weighted by atomic mass is 19.1. The Morgan fingerprint density at radius 3 is 2.79 bits per heavy atom. The Kier molecular flexibility index (Phi) is 6.67. The number of hydrogen-bond acceptors (Lipinski definition) is 6. The maximum Gasteiger partial charge on any atom is 0.274 e. The van der Waals surface area contributed by atoms with Gasteiger partial charge in [-0.15, -0.1) is 0 Å². The molecule has 0 radical (unpaired) electrons. The van der Waals surface area contributed by atoms with E-state index in [2.05, 4.69) is 5.32 Å². The minimum atomic E-state index is -1.02. The number of carbonyl (C=O) groups is 2. The summed E-state index contributed by atoms with van der Waals surface area (Å²) in [5.41, 5.74) is -2.36. The van der Waals surface area contributed by atoms with Crippen LogP contribution < -0.4 is 10.7 Å². The number of nitrogens with one attached hydrogen (secondary N) is 1. The Labute approximate surface area is 193 Å². The zero-order chi connectivity index (χ0) is 24.5. The number of pyridine rings is 1. The lowest BCUT2D eigenvalue weighted by molar-refractivity contribution is 0.0390. The van der Waals surface area contributed by atoms with Crippen molar-refractivity contribution in [3.05, 3.63) is 63.1 Å². The first-order valence-electron chi connectivity index (χ1n) is 10.9. The molecule has 0 saturated carbocycles. The maximum absolute atomic E-state index is 13.9. The van der Waals surface area contributed by atoms with Crippen LogP contribution in [0.25, 0.3) is 0 Å². The average Bonchev–Trinajstić information content (AvgIpc) is 3.27. The van der Waals surface area contributed by atoms with E-state index >= 15 is 0 Å². The lowest BCUT2D eigenvalue weighted by atomic mass is 9.92. The summed E-state index contributed by atoms with van der Waals surface area (Å²) >= 11 is 0. The molecule has 2 N–H and O–H groups in total. The van der Waals surface area contributed by atoms with Gasteiger partial charge in [0, 0.05) is 50.7 Å². The normalized spacial score (nSPS) is 19.5. The molecule has 4 rings (SSSR count). The van der Waals surface area contributed by atoms with Gasteiger partial charge in [0.15, 0.2) is 11.4 Å². The van der Waals surface area contributed by atoms with Crippen molar-refractivity contribution in [1.29, 1.82) is 0 Å². The van der Waals surface area contributed by atoms with E-state index in [1.54, 1.807) is 0 Å². The predicted octanol–water partition coefficient (Wildman–Crippen LogP) is 1.37. The fourth-order valence-corrected chi connectivity index (χ4v) is 4.34. The van der Waals surface area contributed by atoms with Gasteiger partial charge in [-0.05, 0) is 19.4 Å². The van der Waals surface area contributed by atoms with Crippen molar-refractivity contribution in [3.8, 4) is 5.75 Å². The number of aromatic hydroxyl groups is 1. The molecule has 2 aliphatic heterocycles. The molecule has 3 heterocycles. The monoisotopic (exact) mass is 477 g/mol. The van der Waals surface area contributed by atoms with Gasteiger partial charge in [-0.25, -0.2) is 8.78 Å². The van der Waals surface area contributed by atoms with Crippen molar-refractivity contribution in [2.45, 2.75) is 25.4 Å². The van der Waals surface area contributed by atoms with Gasteiger partial charge >= 0.3 is 0 Å². The van der Waals surface area contributed by atoms with Crippen LogP contribution in [-0.2, 0) is 21.6 Å². The van der Waals surface area contributed by atoms with Gasteiger partial charge < -0.3 is 29.4 Å². The zero-order valence-electron chi connectivity index (χ0n) is 18.6. The summed E-state index contributed by atoms with van der Waals surface area (Å²) in [5, 5.41) is 13.1. The second kappa shape index (κ2) is 9.51. The summed E-state index contributed by atoms with van der Waals surface area (Å²) in [5.74, 6) is -3.84. The van der Waals surface area contributed by atoms with E-state index in [0.29, 0.717) is 32.3 Å². The second-order valence-electron chi connectivity index (χ2n) is 8.31. The molecule has 2 amide bonds. The van der Waals surface area contributed by atoms with Crippen molar-refractivity contribution in [3.63, 3.8) is 0 Å². The molecule has 0 aliphatic carbocycles. The third-order valence-corrected chi connectivity index (χ3v) is 6.16. The van der Waals surface area contributed by atoms with Gasteiger partial charge in [-0.1, -0.05) is 6.07 Å². The van der Waals surface area contributed by atoms with Crippen LogP contribution in [0.5, 0.6) is 5.75 Å². The summed E-state index contributed by atoms with van der Waals surface area (Å²) in [6.45, 7) is 3.48. The Balaban J connectivity index is 1.67. The summed E-state index contributed by atoms with van der Waals surface area (Å²) in [7, 11) is 0. The van der Waals surface area contributed by atoms with Crippen molar-refractivity contribution < 1.29 is 33.0 Å². The van der Waals surface area contributed by atoms with Gasteiger partial charge in [-0.3, -0.25) is 14.4 Å². The highest BCUT2D eigenvalue weighted by Crippen LogP contribution is 2.36. The van der Waals surface area contributed by atoms with Crippen LogP contribution in [-0.4, -0.2) is 65.9 Å². The Hall–Kier alpha value is -3.31. The summed E-state index contributed by atoms with van der Waals surface area (Å²) < 4.78 is 39.4. The van der Waals surface area contributed by atoms with E-state index in [9.17, 15) is 28.3 Å². The minimum absolute atomic E-state index is 0.0258. The molecule has 1 spiro atoms. The molecule has 1 aromatic carbocycles. The van der Waals surface area contributed by atoms with Crippen LogP contribution >= 0.6 is 0 Å². The number of benzene rings is 1. The smallest absolute Gasteiger partial charge is 0.274 e. The third-order valence-electron chi connectivity index (χ3n) is 6.16. The molecule has 182 valence electrons. The zero-order valence-corrected chi connectivity index (χ0v) is 18.6. The first-order chi connectivity index (χ1) is 16.3. The van der Waals surface area contributed by atoms with Gasteiger partial charge in [0.05, 0.1) is 18.8 Å². The Morgan fingerprint density at radius 1 is 1.32 bits per heavy atom. The summed E-state index contributed by atoms with van der Waals surface area (Å²) in [6, 6.07) is 2.92. The van der Waals surface area contributed by atoms with E-state index in [4.69, 9.17) is 9.47 Å². The first-order valence-corrected chi connectivity index (χ1v) is 10.9. The van der Waals surface area contributed by atoms with Crippen molar-refractivity contribution in [2.24, 2.45) is 0 Å². The molecule has 1 aromatic heterocycles. The van der Waals surface area contributed by atoms with E-state index < -0.39 is 45.7 Å². The average molecular weight is 477 g/mol. The largest absolute Gasteiger partial charge is 0.503 e. The van der Waals surface area contributed by atoms with E-state index in [1.807, 2.05) is 6.92 Å². The summed E-state index contributed by atoms with van der Waals surface area (Å²) in [4.78, 5) is 40.3. The Morgan fingerprint density at radius 2 is 2.12 bits per heavy atom. The molecule has 1 saturated heterocycles. The SMILES string of the molecule is CCOCCN1CC2(CCOC2)n2cc(C(=O)NCc3ccc(F)cc3F)c(=O)c(O)c2C1=O. The molecule has 1 atom stereocenters. The van der Waals surface area contributed by atoms with Crippen LogP contribution in [0.4, 0.5) is 8.78 Å². The number of carbonyl (C=O) groups excluding carboxylic acids is 2. The number of aromatic nitrogens is 1. The van der Waals surface area contributed by atoms with Gasteiger partial charge in [0.2, 0.25) is 5.43 Å². The van der Waals surface area contributed by atoms with E-state index in [0.717, 1.165) is 6.07 Å². The van der Waals surface area contributed by atoms with Crippen molar-refractivity contribution >= 4 is 11.8 Å². The number of hydrogen-bond donors (Lipinski definition) is 2. The maximum atomic E-state index is 13.9. The minimum Gasteiger partial charge on any atom is -0.503 e. The number of rotatable bonds is 7. The van der Waals surface area contributed by atoms with E-state index in [-0.39, 0.29) is 37.5 Å². The lowest BCUT2D eigenvalue weighted by Gasteiger charge is -2.42. The highest BCUT2D eigenvalue weighted by Gasteiger charge is 2.47. The van der Waals surface area contributed by atoms with Crippen LogP contribution in [0.2, 0.25) is 0 Å². The van der Waals surface area contributed by atoms with Gasteiger partial charge in [0.25, 0.3) is 11.8 Å². The van der Waals surface area contributed by atoms with Crippen LogP contribution in [0, 0.1) is 11.6 Å². The molecular weight excluding hydrogens is 452 g/mol. The van der Waals surface area contributed by atoms with Gasteiger partial charge in [-0.2, -0.15) is 0 Å². The fraction of sp³-hybridized carbons (Fsp3) is 0.435. The molecule has 1 unspecified atom stereocenters. The fourth-order valence-electron chi connectivity index (χ4n) is 4.34. The van der Waals surface area contributed by atoms with Gasteiger partial charge in [0.1, 0.15) is 17.2 Å². The molecule has 9 nitrogen and oxygen atoms in total. The van der Waals surface area contributed by atoms with Crippen molar-refractivity contribution in [2.75, 3.05) is 39.5 Å². The standard InChI is InChI=1S/C23H25F2N3O6/c1-2-33-8-6-27-12-23(5-7-34-13-23)28-11-16(19(29)20(30)18(28)22(27)32)21(31)26-10-14-3-4-15(24)9-17(14)25/h3-4,9,11,30H,2,5-8,10,12-13H2,1H3,(H,26,31). The molecule has 11 heteroatoms. The molecular formula is C23H25F2N3O6. The van der Waals surface area contributed by atoms with Crippen LogP contribution in [0.3, 0.4) is 0 Å². The second-order valence-corrected chi connectivity index (χ2v) is 8.31. The lowest BCUT2D eigenvalue weighted by Crippen LogP contribution is -2.56. The number of amides is 2. The van der Waals surface area contributed by atoms with E-state index in [1.165, 1.54) is 21.7 Å². The summed E-state index contributed by atoms with van der Waals surface area (Å²) in [6.07, 6.45) is 1.75.